The molecule has 1 aliphatic heterocycles. The summed E-state index contributed by atoms with van der Waals surface area (Å²) in [6, 6.07) is 29.7. The Bertz CT molecular complexity index is 2330. The van der Waals surface area contributed by atoms with Gasteiger partial charge in [-0.15, -0.1) is 0 Å². The van der Waals surface area contributed by atoms with Crippen molar-refractivity contribution in [3.63, 3.8) is 0 Å². The summed E-state index contributed by atoms with van der Waals surface area (Å²) >= 11 is 0. The van der Waals surface area contributed by atoms with Crippen LogP contribution in [0.1, 0.15) is 58.2 Å². The smallest absolute Gasteiger partial charge is 0.407 e. The number of rotatable bonds is 16. The standard InChI is InChI=1S/C49H60N8O6/c1-48(2,3)42(53-46(61)63-7)44(59)54-56(30-34-20-22-35(23-21-34)38-18-13-14-25-50-38)32-41(58)40(29-33-15-9-8-10-16-33)52-45(60)43(49(4,5)6)57-28-27-55(47(57)62)31-36-24-26-51-39-19-12-11-17-37(36)39/h8-26,40-43,58H,27-32H2,1-7H3,(H,52,60)(H,53,61)(H,54,59)/t40-,41+,42-,43-/m1/s1. The van der Waals surface area contributed by atoms with E-state index in [0.717, 1.165) is 38.9 Å². The Kier molecular flexibility index (Phi) is 14.8. The third-order valence-corrected chi connectivity index (χ3v) is 11.2. The van der Waals surface area contributed by atoms with Crippen molar-refractivity contribution in [1.82, 2.24) is 40.8 Å². The van der Waals surface area contributed by atoms with Gasteiger partial charge in [0.25, 0.3) is 5.91 Å². The number of fused-ring (bicyclic) bond motifs is 1. The van der Waals surface area contributed by atoms with Gasteiger partial charge in [-0.25, -0.2) is 14.6 Å². The predicted molar refractivity (Wildman–Crippen MR) is 243 cm³/mol. The quantitative estimate of drug-likeness (QED) is 0.0828. The average Bonchev–Trinajstić information content (AvgIpc) is 3.60. The first kappa shape index (κ1) is 46.1. The maximum absolute atomic E-state index is 14.7. The molecule has 0 radical (unpaired) electrons. The number of urea groups is 1. The van der Waals surface area contributed by atoms with E-state index in [1.54, 1.807) is 27.2 Å². The maximum Gasteiger partial charge on any atom is 0.407 e. The summed E-state index contributed by atoms with van der Waals surface area (Å²) in [5, 5.41) is 20.6. The van der Waals surface area contributed by atoms with Crippen LogP contribution in [0, 0.1) is 10.8 Å². The van der Waals surface area contributed by atoms with E-state index in [1.165, 1.54) is 7.11 Å². The molecular weight excluding hydrogens is 797 g/mol. The van der Waals surface area contributed by atoms with Crippen molar-refractivity contribution < 1.29 is 29.0 Å². The molecular formula is C49H60N8O6. The lowest BCUT2D eigenvalue weighted by atomic mass is 9.84. The van der Waals surface area contributed by atoms with E-state index in [1.807, 2.05) is 145 Å². The highest BCUT2D eigenvalue weighted by Gasteiger charge is 2.44. The molecule has 332 valence electrons. The first-order valence-electron chi connectivity index (χ1n) is 21.3. The monoisotopic (exact) mass is 856 g/mol. The Morgan fingerprint density at radius 3 is 2.14 bits per heavy atom. The number of carbonyl (C=O) groups excluding carboxylic acids is 4. The molecule has 14 heteroatoms. The van der Waals surface area contributed by atoms with E-state index in [-0.39, 0.29) is 25.5 Å². The minimum atomic E-state index is -1.23. The summed E-state index contributed by atoms with van der Waals surface area (Å²) < 4.78 is 4.84. The molecule has 1 saturated heterocycles. The number of hydrazine groups is 1. The number of pyridine rings is 2. The number of alkyl carbamates (subject to hydrolysis) is 1. The highest BCUT2D eigenvalue weighted by Crippen LogP contribution is 2.30. The molecule has 63 heavy (non-hydrogen) atoms. The van der Waals surface area contributed by atoms with E-state index in [0.29, 0.717) is 19.6 Å². The molecule has 6 rings (SSSR count). The number of hydrogen-bond acceptors (Lipinski definition) is 9. The molecule has 4 atom stereocenters. The fourth-order valence-corrected chi connectivity index (χ4v) is 8.01. The maximum atomic E-state index is 14.7. The summed E-state index contributed by atoms with van der Waals surface area (Å²) in [6.07, 6.45) is 1.75. The Morgan fingerprint density at radius 1 is 0.778 bits per heavy atom. The number of para-hydroxylation sites is 1. The molecule has 0 bridgehead atoms. The van der Waals surface area contributed by atoms with Gasteiger partial charge in [-0.1, -0.05) is 120 Å². The van der Waals surface area contributed by atoms with E-state index in [2.05, 4.69) is 26.0 Å². The summed E-state index contributed by atoms with van der Waals surface area (Å²) in [5.74, 6) is -0.915. The van der Waals surface area contributed by atoms with Crippen LogP contribution in [0.2, 0.25) is 0 Å². The number of aromatic nitrogens is 2. The third-order valence-electron chi connectivity index (χ3n) is 11.2. The summed E-state index contributed by atoms with van der Waals surface area (Å²) in [5.41, 5.74) is 6.79. The second-order valence-electron chi connectivity index (χ2n) is 18.2. The molecule has 3 aromatic carbocycles. The zero-order valence-corrected chi connectivity index (χ0v) is 37.2. The number of methoxy groups -OCH3 is 1. The highest BCUT2D eigenvalue weighted by molar-refractivity contribution is 5.89. The highest BCUT2D eigenvalue weighted by atomic mass is 16.5. The molecule has 5 amide bonds. The Hall–Kier alpha value is -6.38. The van der Waals surface area contributed by atoms with Crippen LogP contribution in [0.4, 0.5) is 9.59 Å². The van der Waals surface area contributed by atoms with Gasteiger partial charge in [-0.05, 0) is 58.2 Å². The van der Waals surface area contributed by atoms with Crippen molar-refractivity contribution in [2.75, 3.05) is 26.7 Å². The van der Waals surface area contributed by atoms with Crippen LogP contribution in [-0.4, -0.2) is 105 Å². The number of nitrogens with zero attached hydrogens (tertiary/aromatic N) is 5. The lowest BCUT2D eigenvalue weighted by Gasteiger charge is -2.38. The second kappa shape index (κ2) is 20.2. The molecule has 1 fully saturated rings. The first-order chi connectivity index (χ1) is 30.0. The molecule has 0 spiro atoms. The number of ether oxygens (including phenoxy) is 1. The van der Waals surface area contributed by atoms with Crippen molar-refractivity contribution >= 4 is 34.8 Å². The summed E-state index contributed by atoms with van der Waals surface area (Å²) in [7, 11) is 1.23. The topological polar surface area (TPSA) is 169 Å². The van der Waals surface area contributed by atoms with Crippen LogP contribution < -0.4 is 16.1 Å². The van der Waals surface area contributed by atoms with Crippen LogP contribution >= 0.6 is 0 Å². The number of nitrogens with one attached hydrogen (secondary N) is 3. The lowest BCUT2D eigenvalue weighted by Crippen LogP contribution is -2.61. The van der Waals surface area contributed by atoms with Crippen molar-refractivity contribution in [3.05, 3.63) is 132 Å². The van der Waals surface area contributed by atoms with Crippen LogP contribution in [-0.2, 0) is 33.8 Å². The zero-order valence-electron chi connectivity index (χ0n) is 37.2. The van der Waals surface area contributed by atoms with Crippen LogP contribution in [0.5, 0.6) is 0 Å². The van der Waals surface area contributed by atoms with Crippen molar-refractivity contribution in [2.45, 2.75) is 85.3 Å². The molecule has 4 N–H and O–H groups in total. The normalized spacial score (nSPS) is 15.2. The molecule has 14 nitrogen and oxygen atoms in total. The minimum Gasteiger partial charge on any atom is -0.453 e. The molecule has 5 aromatic rings. The fourth-order valence-electron chi connectivity index (χ4n) is 8.01. The van der Waals surface area contributed by atoms with Crippen LogP contribution in [0.25, 0.3) is 22.2 Å². The first-order valence-corrected chi connectivity index (χ1v) is 21.3. The molecule has 0 unspecified atom stereocenters. The molecule has 1 aliphatic rings. The van der Waals surface area contributed by atoms with Gasteiger partial charge in [0.2, 0.25) is 5.91 Å². The minimum absolute atomic E-state index is 0.114. The molecule has 3 heterocycles. The van der Waals surface area contributed by atoms with Crippen LogP contribution in [0.15, 0.2) is 116 Å². The van der Waals surface area contributed by atoms with Gasteiger partial charge >= 0.3 is 12.1 Å². The summed E-state index contributed by atoms with van der Waals surface area (Å²) in [4.78, 5) is 67.7. The van der Waals surface area contributed by atoms with Gasteiger partial charge < -0.3 is 30.3 Å². The Morgan fingerprint density at radius 2 is 1.48 bits per heavy atom. The summed E-state index contributed by atoms with van der Waals surface area (Å²) in [6.45, 7) is 12.5. The SMILES string of the molecule is COC(=O)N[C@H](C(=O)NN(Cc1ccc(-c2ccccn2)cc1)C[C@H](O)[C@@H](Cc1ccccc1)NC(=O)[C@@H](N1CCN(Cc2ccnc3ccccc23)C1=O)C(C)(C)C)C(C)(C)C. The average molecular weight is 857 g/mol. The number of carbonyl (C=O) groups is 4. The van der Waals surface area contributed by atoms with Crippen molar-refractivity contribution in [3.8, 4) is 11.3 Å². The Balaban J connectivity index is 1.26. The molecule has 2 aromatic heterocycles. The zero-order chi connectivity index (χ0) is 45.3. The molecule has 0 aliphatic carbocycles. The van der Waals surface area contributed by atoms with Gasteiger partial charge in [0, 0.05) is 56.1 Å². The predicted octanol–water partition coefficient (Wildman–Crippen LogP) is 6.34. The van der Waals surface area contributed by atoms with Crippen molar-refractivity contribution in [1.29, 1.82) is 0 Å². The van der Waals surface area contributed by atoms with E-state index in [4.69, 9.17) is 4.74 Å². The number of amides is 5. The number of hydrogen-bond donors (Lipinski definition) is 4. The number of aliphatic hydroxyl groups excluding tert-OH is 1. The third kappa shape index (κ3) is 12.0. The number of aliphatic hydroxyl groups is 1. The van der Waals surface area contributed by atoms with E-state index in [9.17, 15) is 24.3 Å². The van der Waals surface area contributed by atoms with Gasteiger partial charge in [-0.2, -0.15) is 0 Å². The number of benzene rings is 3. The lowest BCUT2D eigenvalue weighted by molar-refractivity contribution is -0.133. The van der Waals surface area contributed by atoms with Gasteiger partial charge in [0.1, 0.15) is 12.1 Å². The van der Waals surface area contributed by atoms with Crippen molar-refractivity contribution in [2.24, 2.45) is 10.8 Å². The van der Waals surface area contributed by atoms with Gasteiger partial charge in [0.05, 0.1) is 30.5 Å². The van der Waals surface area contributed by atoms with E-state index < -0.39 is 53.0 Å². The van der Waals surface area contributed by atoms with Gasteiger partial charge in [-0.3, -0.25) is 25.0 Å². The van der Waals surface area contributed by atoms with Gasteiger partial charge in [0.15, 0.2) is 0 Å². The largest absolute Gasteiger partial charge is 0.453 e. The van der Waals surface area contributed by atoms with Crippen LogP contribution in [0.3, 0.4) is 0 Å². The Labute approximate surface area is 370 Å². The van der Waals surface area contributed by atoms with E-state index >= 15 is 0 Å². The molecule has 0 saturated carbocycles. The fraction of sp³-hybridized carbons (Fsp3) is 0.388. The second-order valence-corrected chi connectivity index (χ2v) is 18.2.